The zero-order valence-electron chi connectivity index (χ0n) is 11.1. The summed E-state index contributed by atoms with van der Waals surface area (Å²) in [6, 6.07) is 6.45. The molecule has 106 valence electrons. The number of alkyl halides is 3. The van der Waals surface area contributed by atoms with Gasteiger partial charge in [-0.3, -0.25) is 4.79 Å². The van der Waals surface area contributed by atoms with Crippen molar-refractivity contribution in [3.05, 3.63) is 35.4 Å². The predicted molar refractivity (Wildman–Crippen MR) is 77.1 cm³/mol. The molecule has 0 aliphatic carbocycles. The van der Waals surface area contributed by atoms with Crippen molar-refractivity contribution in [2.75, 3.05) is 0 Å². The molecule has 0 aliphatic heterocycles. The Kier molecular flexibility index (Phi) is 6.63. The Morgan fingerprint density at radius 3 is 2.21 bits per heavy atom. The van der Waals surface area contributed by atoms with Crippen LogP contribution in [0.2, 0.25) is 0 Å². The van der Waals surface area contributed by atoms with Gasteiger partial charge in [-0.15, -0.1) is 0 Å². The summed E-state index contributed by atoms with van der Waals surface area (Å²) in [6.45, 7) is 2.18. The van der Waals surface area contributed by atoms with Crippen molar-refractivity contribution < 1.29 is 13.6 Å². The second-order valence-corrected chi connectivity index (χ2v) is 5.68. The van der Waals surface area contributed by atoms with E-state index in [0.717, 1.165) is 18.4 Å². The third kappa shape index (κ3) is 5.81. The molecular formula is C15H19BrF2O. The third-order valence-corrected chi connectivity index (χ3v) is 3.40. The summed E-state index contributed by atoms with van der Waals surface area (Å²) in [5.41, 5.74) is 1.13. The van der Waals surface area contributed by atoms with E-state index in [1.54, 1.807) is 12.1 Å². The molecule has 1 aromatic carbocycles. The lowest BCUT2D eigenvalue weighted by atomic mass is 10.0. The highest BCUT2D eigenvalue weighted by Crippen LogP contribution is 2.26. The number of aryl methyl sites for hydroxylation is 1. The maximum Gasteiger partial charge on any atom is 0.363 e. The molecule has 0 atom stereocenters. The van der Waals surface area contributed by atoms with Crippen LogP contribution in [0.1, 0.15) is 54.9 Å². The van der Waals surface area contributed by atoms with E-state index in [1.807, 2.05) is 0 Å². The Morgan fingerprint density at radius 2 is 1.68 bits per heavy atom. The molecule has 0 amide bonds. The molecule has 0 aliphatic rings. The summed E-state index contributed by atoms with van der Waals surface area (Å²) in [4.78, 5) is 7.84. The molecule has 0 fully saturated rings. The average molecular weight is 333 g/mol. The zero-order valence-corrected chi connectivity index (χ0v) is 12.7. The molecule has 0 saturated carbocycles. The number of carbonyl (C=O) groups excluding carboxylic acids is 1. The molecule has 0 heterocycles. The van der Waals surface area contributed by atoms with Gasteiger partial charge in [-0.05, 0) is 34.3 Å². The van der Waals surface area contributed by atoms with E-state index in [4.69, 9.17) is 0 Å². The monoisotopic (exact) mass is 332 g/mol. The highest BCUT2D eigenvalue weighted by molar-refractivity contribution is 9.10. The van der Waals surface area contributed by atoms with Gasteiger partial charge in [0.2, 0.25) is 5.78 Å². The lowest BCUT2D eigenvalue weighted by Crippen LogP contribution is -2.20. The summed E-state index contributed by atoms with van der Waals surface area (Å²) in [7, 11) is 0. The third-order valence-electron chi connectivity index (χ3n) is 3.04. The molecule has 0 spiro atoms. The predicted octanol–water partition coefficient (Wildman–Crippen LogP) is 5.37. The van der Waals surface area contributed by atoms with E-state index in [0.29, 0.717) is 0 Å². The first-order valence-corrected chi connectivity index (χ1v) is 7.45. The van der Waals surface area contributed by atoms with Crippen LogP contribution in [0.4, 0.5) is 8.78 Å². The first-order chi connectivity index (χ1) is 8.95. The summed E-state index contributed by atoms with van der Waals surface area (Å²) in [5, 5.41) is 0. The number of Topliss-reactive ketones (excluding diaryl/α,β-unsaturated/α-hetero) is 1. The van der Waals surface area contributed by atoms with Gasteiger partial charge >= 0.3 is 4.83 Å². The minimum absolute atomic E-state index is 0.0385. The average Bonchev–Trinajstić information content (AvgIpc) is 2.37. The largest absolute Gasteiger partial charge is 0.363 e. The van der Waals surface area contributed by atoms with Crippen molar-refractivity contribution in [1.29, 1.82) is 0 Å². The quantitative estimate of drug-likeness (QED) is 0.355. The van der Waals surface area contributed by atoms with Crippen LogP contribution in [0.25, 0.3) is 0 Å². The normalized spacial score (nSPS) is 11.6. The fourth-order valence-electron chi connectivity index (χ4n) is 1.92. The zero-order chi connectivity index (χ0) is 14.3. The van der Waals surface area contributed by atoms with Gasteiger partial charge in [-0.2, -0.15) is 8.78 Å². The maximum absolute atomic E-state index is 12.8. The van der Waals surface area contributed by atoms with E-state index in [-0.39, 0.29) is 5.56 Å². The van der Waals surface area contributed by atoms with Crippen LogP contribution >= 0.6 is 15.9 Å². The SMILES string of the molecule is CCCCCCCc1ccc(C(=O)C(F)(F)Br)cc1. The van der Waals surface area contributed by atoms with Gasteiger partial charge in [0.05, 0.1) is 0 Å². The Bertz CT molecular complexity index is 396. The van der Waals surface area contributed by atoms with Gasteiger partial charge < -0.3 is 0 Å². The van der Waals surface area contributed by atoms with Crippen LogP contribution in [0.5, 0.6) is 0 Å². The van der Waals surface area contributed by atoms with Crippen LogP contribution in [-0.4, -0.2) is 10.6 Å². The minimum atomic E-state index is -3.48. The molecule has 19 heavy (non-hydrogen) atoms. The van der Waals surface area contributed by atoms with Crippen LogP contribution < -0.4 is 0 Å². The molecule has 0 aromatic heterocycles. The minimum Gasteiger partial charge on any atom is -0.286 e. The van der Waals surface area contributed by atoms with Gasteiger partial charge in [0.15, 0.2) is 0 Å². The maximum atomic E-state index is 12.8. The highest BCUT2D eigenvalue weighted by atomic mass is 79.9. The Morgan fingerprint density at radius 1 is 1.11 bits per heavy atom. The molecule has 0 bridgehead atoms. The fourth-order valence-corrected chi connectivity index (χ4v) is 2.15. The highest BCUT2D eigenvalue weighted by Gasteiger charge is 2.35. The number of carbonyl (C=O) groups is 1. The summed E-state index contributed by atoms with van der Waals surface area (Å²) in [5.74, 6) is -1.19. The lowest BCUT2D eigenvalue weighted by Gasteiger charge is -2.07. The van der Waals surface area contributed by atoms with E-state index in [2.05, 4.69) is 22.9 Å². The molecule has 0 unspecified atom stereocenters. The van der Waals surface area contributed by atoms with Crippen LogP contribution in [0, 0.1) is 0 Å². The number of hydrogen-bond acceptors (Lipinski definition) is 1. The second kappa shape index (κ2) is 7.73. The molecule has 1 aromatic rings. The van der Waals surface area contributed by atoms with Crippen LogP contribution in [0.15, 0.2) is 24.3 Å². The second-order valence-electron chi connectivity index (χ2n) is 4.69. The Balaban J connectivity index is 2.46. The van der Waals surface area contributed by atoms with E-state index < -0.39 is 10.6 Å². The number of ketones is 1. The number of hydrogen-bond donors (Lipinski definition) is 0. The molecular weight excluding hydrogens is 314 g/mol. The number of benzene rings is 1. The molecule has 1 rings (SSSR count). The van der Waals surface area contributed by atoms with E-state index in [9.17, 15) is 13.6 Å². The fraction of sp³-hybridized carbons (Fsp3) is 0.533. The van der Waals surface area contributed by atoms with Gasteiger partial charge in [-0.1, -0.05) is 56.9 Å². The van der Waals surface area contributed by atoms with E-state index >= 15 is 0 Å². The van der Waals surface area contributed by atoms with Crippen LogP contribution in [0.3, 0.4) is 0 Å². The van der Waals surface area contributed by atoms with E-state index in [1.165, 1.54) is 37.8 Å². The van der Waals surface area contributed by atoms with Crippen molar-refractivity contribution in [2.45, 2.75) is 50.3 Å². The smallest absolute Gasteiger partial charge is 0.286 e. The summed E-state index contributed by atoms with van der Waals surface area (Å²) < 4.78 is 25.6. The molecule has 0 saturated heterocycles. The van der Waals surface area contributed by atoms with Crippen molar-refractivity contribution in [2.24, 2.45) is 0 Å². The Hall–Kier alpha value is -0.770. The first kappa shape index (κ1) is 16.3. The van der Waals surface area contributed by atoms with Gasteiger partial charge in [0, 0.05) is 5.56 Å². The summed E-state index contributed by atoms with van der Waals surface area (Å²) >= 11 is 2.08. The molecule has 0 N–H and O–H groups in total. The Labute approximate surface area is 121 Å². The van der Waals surface area contributed by atoms with Gasteiger partial charge in [0.1, 0.15) is 0 Å². The van der Waals surface area contributed by atoms with Gasteiger partial charge in [0.25, 0.3) is 0 Å². The van der Waals surface area contributed by atoms with Crippen molar-refractivity contribution in [3.8, 4) is 0 Å². The van der Waals surface area contributed by atoms with Crippen molar-refractivity contribution in [1.82, 2.24) is 0 Å². The standard InChI is InChI=1S/C15H19BrF2O/c1-2-3-4-5-6-7-12-8-10-13(11-9-12)14(19)15(16,17)18/h8-11H,2-7H2,1H3. The number of halogens is 3. The lowest BCUT2D eigenvalue weighted by molar-refractivity contribution is 0.0592. The first-order valence-electron chi connectivity index (χ1n) is 6.65. The molecule has 4 heteroatoms. The molecule has 1 nitrogen and oxygen atoms in total. The van der Waals surface area contributed by atoms with Crippen LogP contribution in [-0.2, 0) is 6.42 Å². The number of unbranched alkanes of at least 4 members (excludes halogenated alkanes) is 4. The number of rotatable bonds is 8. The van der Waals surface area contributed by atoms with Crippen molar-refractivity contribution in [3.63, 3.8) is 0 Å². The molecule has 0 radical (unpaired) electrons. The topological polar surface area (TPSA) is 17.1 Å². The summed E-state index contributed by atoms with van der Waals surface area (Å²) in [6.07, 6.45) is 6.94. The van der Waals surface area contributed by atoms with Gasteiger partial charge in [-0.25, -0.2) is 0 Å². The van der Waals surface area contributed by atoms with Crippen molar-refractivity contribution >= 4 is 21.7 Å².